The second-order valence-electron chi connectivity index (χ2n) is 6.04. The fourth-order valence-corrected chi connectivity index (χ4v) is 2.65. The van der Waals surface area contributed by atoms with Gasteiger partial charge in [0.1, 0.15) is 0 Å². The molecule has 20 heavy (non-hydrogen) atoms. The van der Waals surface area contributed by atoms with Crippen LogP contribution in [-0.2, 0) is 0 Å². The summed E-state index contributed by atoms with van der Waals surface area (Å²) in [6.45, 7) is 2.48. The van der Waals surface area contributed by atoms with Crippen molar-refractivity contribution in [1.82, 2.24) is 0 Å². The largest absolute Gasteiger partial charge is 0.392 e. The number of hydrogen-bond acceptors (Lipinski definition) is 1. The highest BCUT2D eigenvalue weighted by Crippen LogP contribution is 2.13. The zero-order valence-electron chi connectivity index (χ0n) is 13.9. The van der Waals surface area contributed by atoms with Crippen molar-refractivity contribution in [1.29, 1.82) is 0 Å². The summed E-state index contributed by atoms with van der Waals surface area (Å²) in [5.41, 5.74) is 0. The van der Waals surface area contributed by atoms with E-state index in [0.717, 1.165) is 6.42 Å². The molecule has 0 aromatic heterocycles. The maximum Gasteiger partial charge on any atom is 0.0612 e. The van der Waals surface area contributed by atoms with E-state index in [1.165, 1.54) is 89.9 Å². The number of unbranched alkanes of at least 4 members (excludes halogenated alkanes) is 14. The van der Waals surface area contributed by atoms with Crippen LogP contribution in [-0.4, -0.2) is 11.7 Å². The van der Waals surface area contributed by atoms with Crippen LogP contribution in [0, 0.1) is 0 Å². The lowest BCUT2D eigenvalue weighted by Gasteiger charge is -2.02. The van der Waals surface area contributed by atoms with Crippen LogP contribution in [0.4, 0.5) is 0 Å². The Morgan fingerprint density at radius 1 is 0.550 bits per heavy atom. The van der Waals surface area contributed by atoms with Gasteiger partial charge in [-0.2, -0.15) is 0 Å². The quantitative estimate of drug-likeness (QED) is 0.256. The van der Waals surface area contributed by atoms with Crippen molar-refractivity contribution in [2.75, 3.05) is 6.61 Å². The first-order chi connectivity index (χ1) is 9.91. The summed E-state index contributed by atoms with van der Waals surface area (Å²) in [5.74, 6) is 0. The van der Waals surface area contributed by atoms with Gasteiger partial charge in [-0.1, -0.05) is 103 Å². The molecule has 0 fully saturated rings. The van der Waals surface area contributed by atoms with E-state index in [9.17, 15) is 0 Å². The molecule has 1 N–H and O–H groups in total. The molecule has 0 rings (SSSR count). The van der Waals surface area contributed by atoms with Gasteiger partial charge in [0.2, 0.25) is 0 Å². The van der Waals surface area contributed by atoms with Crippen LogP contribution >= 0.6 is 0 Å². The maximum atomic E-state index is 8.59. The van der Waals surface area contributed by atoms with Crippen LogP contribution in [0.3, 0.4) is 0 Å². The summed E-state index contributed by atoms with van der Waals surface area (Å²) in [7, 11) is 0. The molecule has 0 heterocycles. The summed E-state index contributed by atoms with van der Waals surface area (Å²) < 4.78 is 0. The molecule has 0 unspecified atom stereocenters. The lowest BCUT2D eigenvalue weighted by atomic mass is 10.0. The van der Waals surface area contributed by atoms with E-state index in [2.05, 4.69) is 13.0 Å². The molecule has 0 aliphatic rings. The van der Waals surface area contributed by atoms with Crippen LogP contribution in [0.5, 0.6) is 0 Å². The van der Waals surface area contributed by atoms with Crippen molar-refractivity contribution >= 4 is 0 Å². The van der Waals surface area contributed by atoms with Crippen molar-refractivity contribution in [3.05, 3.63) is 12.2 Å². The Morgan fingerprint density at radius 3 is 1.35 bits per heavy atom. The van der Waals surface area contributed by atoms with Crippen molar-refractivity contribution in [3.8, 4) is 0 Å². The highest BCUT2D eigenvalue weighted by Gasteiger charge is 1.93. The molecule has 0 atom stereocenters. The topological polar surface area (TPSA) is 20.2 Å². The molecule has 0 aromatic carbocycles. The predicted molar refractivity (Wildman–Crippen MR) is 91.2 cm³/mol. The molecule has 0 radical (unpaired) electrons. The second-order valence-corrected chi connectivity index (χ2v) is 6.04. The number of hydrogen-bond donors (Lipinski definition) is 1. The summed E-state index contributed by atoms with van der Waals surface area (Å²) in [4.78, 5) is 0. The molecule has 0 bridgehead atoms. The SMILES string of the molecule is CCCCCCCCCCCCCCCCC=CCO. The van der Waals surface area contributed by atoms with Crippen LogP contribution in [0.1, 0.15) is 103 Å². The third-order valence-electron chi connectivity index (χ3n) is 4.00. The van der Waals surface area contributed by atoms with Gasteiger partial charge < -0.3 is 5.11 Å². The van der Waals surface area contributed by atoms with E-state index in [0.29, 0.717) is 0 Å². The van der Waals surface area contributed by atoms with Crippen LogP contribution in [0.2, 0.25) is 0 Å². The monoisotopic (exact) mass is 282 g/mol. The Balaban J connectivity index is 2.94. The highest BCUT2D eigenvalue weighted by atomic mass is 16.2. The van der Waals surface area contributed by atoms with Crippen molar-refractivity contribution in [2.45, 2.75) is 103 Å². The smallest absolute Gasteiger partial charge is 0.0612 e. The first kappa shape index (κ1) is 19.7. The summed E-state index contributed by atoms with van der Waals surface area (Å²) in [6, 6.07) is 0. The molecule has 0 aliphatic heterocycles. The van der Waals surface area contributed by atoms with Crippen LogP contribution in [0.15, 0.2) is 12.2 Å². The Morgan fingerprint density at radius 2 is 0.950 bits per heavy atom. The summed E-state index contributed by atoms with van der Waals surface area (Å²) in [5, 5.41) is 8.59. The van der Waals surface area contributed by atoms with E-state index in [1.54, 1.807) is 0 Å². The Labute approximate surface area is 127 Å². The van der Waals surface area contributed by atoms with Gasteiger partial charge in [-0.25, -0.2) is 0 Å². The van der Waals surface area contributed by atoms with Crippen LogP contribution in [0.25, 0.3) is 0 Å². The zero-order valence-corrected chi connectivity index (χ0v) is 13.9. The van der Waals surface area contributed by atoms with Gasteiger partial charge in [0.25, 0.3) is 0 Å². The second kappa shape index (κ2) is 18.7. The third-order valence-corrected chi connectivity index (χ3v) is 4.00. The average molecular weight is 283 g/mol. The first-order valence-corrected chi connectivity index (χ1v) is 9.17. The Kier molecular flexibility index (Phi) is 18.4. The molecular weight excluding hydrogens is 244 g/mol. The minimum Gasteiger partial charge on any atom is -0.392 e. The van der Waals surface area contributed by atoms with Gasteiger partial charge in [0.15, 0.2) is 0 Å². The van der Waals surface area contributed by atoms with E-state index in [4.69, 9.17) is 5.11 Å². The van der Waals surface area contributed by atoms with Crippen molar-refractivity contribution in [2.24, 2.45) is 0 Å². The van der Waals surface area contributed by atoms with Gasteiger partial charge in [0.05, 0.1) is 6.61 Å². The van der Waals surface area contributed by atoms with E-state index in [-0.39, 0.29) is 6.61 Å². The molecular formula is C19H38O. The van der Waals surface area contributed by atoms with Gasteiger partial charge in [-0.3, -0.25) is 0 Å². The maximum absolute atomic E-state index is 8.59. The molecule has 0 saturated carbocycles. The van der Waals surface area contributed by atoms with Crippen LogP contribution < -0.4 is 0 Å². The normalized spacial score (nSPS) is 11.5. The van der Waals surface area contributed by atoms with E-state index < -0.39 is 0 Å². The molecule has 0 aromatic rings. The minimum absolute atomic E-state index is 0.193. The lowest BCUT2D eigenvalue weighted by molar-refractivity contribution is 0.342. The predicted octanol–water partition coefficient (Wildman–Crippen LogP) is 6.41. The third kappa shape index (κ3) is 17.7. The minimum atomic E-state index is 0.193. The molecule has 0 saturated heterocycles. The van der Waals surface area contributed by atoms with Gasteiger partial charge in [-0.15, -0.1) is 0 Å². The lowest BCUT2D eigenvalue weighted by Crippen LogP contribution is -1.83. The van der Waals surface area contributed by atoms with Crippen molar-refractivity contribution in [3.63, 3.8) is 0 Å². The fraction of sp³-hybridized carbons (Fsp3) is 0.895. The Hall–Kier alpha value is -0.300. The molecule has 0 amide bonds. The fourth-order valence-electron chi connectivity index (χ4n) is 2.65. The standard InChI is InChI=1S/C19H38O/c1-2-3-4-5-6-7-8-9-10-11-12-13-14-15-16-17-18-19-20/h17-18,20H,2-16,19H2,1H3. The first-order valence-electron chi connectivity index (χ1n) is 9.17. The highest BCUT2D eigenvalue weighted by molar-refractivity contribution is 4.80. The number of aliphatic hydroxyl groups is 1. The van der Waals surface area contributed by atoms with E-state index >= 15 is 0 Å². The Bertz CT molecular complexity index is 186. The average Bonchev–Trinajstić information content (AvgIpc) is 2.47. The van der Waals surface area contributed by atoms with Gasteiger partial charge in [-0.05, 0) is 12.8 Å². The number of rotatable bonds is 16. The van der Waals surface area contributed by atoms with Gasteiger partial charge in [0, 0.05) is 0 Å². The summed E-state index contributed by atoms with van der Waals surface area (Å²) in [6.07, 6.45) is 24.9. The number of allylic oxidation sites excluding steroid dienone is 1. The molecule has 1 heteroatoms. The summed E-state index contributed by atoms with van der Waals surface area (Å²) >= 11 is 0. The zero-order chi connectivity index (χ0) is 14.7. The van der Waals surface area contributed by atoms with E-state index in [1.807, 2.05) is 6.08 Å². The van der Waals surface area contributed by atoms with Crippen molar-refractivity contribution < 1.29 is 5.11 Å². The number of aliphatic hydroxyl groups excluding tert-OH is 1. The molecule has 0 spiro atoms. The molecule has 1 nitrogen and oxygen atoms in total. The molecule has 0 aliphatic carbocycles. The van der Waals surface area contributed by atoms with Gasteiger partial charge >= 0.3 is 0 Å². The molecule has 120 valence electrons.